The van der Waals surface area contributed by atoms with E-state index in [0.717, 1.165) is 25.3 Å². The number of Topliss-reactive ketones (excluding diaryl/α,β-unsaturated/α-hetero) is 1. The van der Waals surface area contributed by atoms with E-state index < -0.39 is 0 Å². The Morgan fingerprint density at radius 3 is 2.94 bits per heavy atom. The third-order valence-electron chi connectivity index (χ3n) is 4.06. The summed E-state index contributed by atoms with van der Waals surface area (Å²) >= 11 is 0. The average Bonchev–Trinajstić information content (AvgIpc) is 2.86. The monoisotopic (exact) mass is 245 g/mol. The SMILES string of the molecule is CC(=O)c1ccc(N2CCN3CCCC3C2)cn1. The summed E-state index contributed by atoms with van der Waals surface area (Å²) in [6.45, 7) is 6.14. The quantitative estimate of drug-likeness (QED) is 0.741. The number of nitrogens with zero attached hydrogens (tertiary/aromatic N) is 3. The third kappa shape index (κ3) is 2.12. The van der Waals surface area contributed by atoms with Crippen molar-refractivity contribution in [3.8, 4) is 0 Å². The van der Waals surface area contributed by atoms with E-state index in [1.165, 1.54) is 19.4 Å². The molecule has 0 aliphatic carbocycles. The Morgan fingerprint density at radius 2 is 2.22 bits per heavy atom. The molecular formula is C14H19N3O. The second-order valence-electron chi connectivity index (χ2n) is 5.24. The highest BCUT2D eigenvalue weighted by molar-refractivity contribution is 5.92. The first kappa shape index (κ1) is 11.7. The number of carbonyl (C=O) groups is 1. The molecule has 4 heteroatoms. The average molecular weight is 245 g/mol. The minimum absolute atomic E-state index is 0.0298. The van der Waals surface area contributed by atoms with E-state index in [2.05, 4.69) is 14.8 Å². The Hall–Kier alpha value is -1.42. The van der Waals surface area contributed by atoms with Crippen LogP contribution in [0.25, 0.3) is 0 Å². The van der Waals surface area contributed by atoms with Gasteiger partial charge < -0.3 is 4.90 Å². The Bertz CT molecular complexity index is 443. The lowest BCUT2D eigenvalue weighted by atomic mass is 10.1. The predicted molar refractivity (Wildman–Crippen MR) is 71.0 cm³/mol. The summed E-state index contributed by atoms with van der Waals surface area (Å²) in [6, 6.07) is 4.57. The Morgan fingerprint density at radius 1 is 1.33 bits per heavy atom. The molecule has 3 heterocycles. The number of aromatic nitrogens is 1. The van der Waals surface area contributed by atoms with Crippen LogP contribution in [0.5, 0.6) is 0 Å². The van der Waals surface area contributed by atoms with E-state index in [4.69, 9.17) is 0 Å². The molecule has 1 atom stereocenters. The van der Waals surface area contributed by atoms with Crippen molar-refractivity contribution in [1.82, 2.24) is 9.88 Å². The lowest BCUT2D eigenvalue weighted by Gasteiger charge is -2.38. The van der Waals surface area contributed by atoms with Gasteiger partial charge in [0.25, 0.3) is 0 Å². The molecule has 0 spiro atoms. The van der Waals surface area contributed by atoms with Crippen molar-refractivity contribution in [1.29, 1.82) is 0 Å². The molecule has 0 N–H and O–H groups in total. The van der Waals surface area contributed by atoms with Gasteiger partial charge in [0.05, 0.1) is 11.9 Å². The summed E-state index contributed by atoms with van der Waals surface area (Å²) in [7, 11) is 0. The Balaban J connectivity index is 1.73. The van der Waals surface area contributed by atoms with Crippen molar-refractivity contribution < 1.29 is 4.79 Å². The molecule has 1 aromatic rings. The largest absolute Gasteiger partial charge is 0.367 e. The molecule has 3 rings (SSSR count). The maximum absolute atomic E-state index is 11.2. The van der Waals surface area contributed by atoms with E-state index in [1.807, 2.05) is 18.3 Å². The van der Waals surface area contributed by atoms with Crippen LogP contribution in [-0.2, 0) is 0 Å². The number of piperazine rings is 1. The molecular weight excluding hydrogens is 226 g/mol. The van der Waals surface area contributed by atoms with Crippen LogP contribution < -0.4 is 4.90 Å². The zero-order chi connectivity index (χ0) is 12.5. The van der Waals surface area contributed by atoms with Crippen molar-refractivity contribution >= 4 is 11.5 Å². The Kier molecular flexibility index (Phi) is 3.04. The van der Waals surface area contributed by atoms with Crippen molar-refractivity contribution in [2.75, 3.05) is 31.1 Å². The number of hydrogen-bond acceptors (Lipinski definition) is 4. The van der Waals surface area contributed by atoms with E-state index in [0.29, 0.717) is 11.7 Å². The maximum atomic E-state index is 11.2. The standard InChI is InChI=1S/C14H19N3O/c1-11(18)14-5-4-12(9-15-14)17-8-7-16-6-2-3-13(16)10-17/h4-5,9,13H,2-3,6-8,10H2,1H3. The number of carbonyl (C=O) groups excluding carboxylic acids is 1. The van der Waals surface area contributed by atoms with Gasteiger partial charge in [-0.25, -0.2) is 0 Å². The van der Waals surface area contributed by atoms with Crippen LogP contribution >= 0.6 is 0 Å². The Labute approximate surface area is 108 Å². The van der Waals surface area contributed by atoms with E-state index >= 15 is 0 Å². The van der Waals surface area contributed by atoms with Crippen molar-refractivity contribution in [2.24, 2.45) is 0 Å². The zero-order valence-corrected chi connectivity index (χ0v) is 10.8. The van der Waals surface area contributed by atoms with Crippen LogP contribution in [0.1, 0.15) is 30.3 Å². The first-order valence-corrected chi connectivity index (χ1v) is 6.70. The van der Waals surface area contributed by atoms with Crippen LogP contribution in [0.15, 0.2) is 18.3 Å². The summed E-state index contributed by atoms with van der Waals surface area (Å²) in [5.74, 6) is 0.0298. The van der Waals surface area contributed by atoms with Gasteiger partial charge in [0, 0.05) is 32.6 Å². The maximum Gasteiger partial charge on any atom is 0.178 e. The summed E-state index contributed by atoms with van der Waals surface area (Å²) in [4.78, 5) is 20.4. The van der Waals surface area contributed by atoms with Gasteiger partial charge >= 0.3 is 0 Å². The third-order valence-corrected chi connectivity index (χ3v) is 4.06. The van der Waals surface area contributed by atoms with Gasteiger partial charge in [0.1, 0.15) is 5.69 Å². The fourth-order valence-electron chi connectivity index (χ4n) is 3.01. The minimum atomic E-state index is 0.0298. The molecule has 2 aliphatic rings. The number of fused-ring (bicyclic) bond motifs is 1. The molecule has 1 unspecified atom stereocenters. The van der Waals surface area contributed by atoms with Gasteiger partial charge in [0.2, 0.25) is 0 Å². The van der Waals surface area contributed by atoms with Gasteiger partial charge in [-0.15, -0.1) is 0 Å². The van der Waals surface area contributed by atoms with Crippen LogP contribution in [0.3, 0.4) is 0 Å². The number of rotatable bonds is 2. The zero-order valence-electron chi connectivity index (χ0n) is 10.8. The lowest BCUT2D eigenvalue weighted by Crippen LogP contribution is -2.50. The van der Waals surface area contributed by atoms with Crippen LogP contribution in [0, 0.1) is 0 Å². The fraction of sp³-hybridized carbons (Fsp3) is 0.571. The summed E-state index contributed by atoms with van der Waals surface area (Å²) in [5, 5.41) is 0. The minimum Gasteiger partial charge on any atom is -0.367 e. The topological polar surface area (TPSA) is 36.4 Å². The number of hydrogen-bond donors (Lipinski definition) is 0. The number of pyridine rings is 1. The molecule has 0 amide bonds. The molecule has 0 saturated carbocycles. The molecule has 4 nitrogen and oxygen atoms in total. The number of anilines is 1. The summed E-state index contributed by atoms with van der Waals surface area (Å²) in [5.41, 5.74) is 1.70. The molecule has 0 aromatic carbocycles. The van der Waals surface area contributed by atoms with Crippen LogP contribution in [-0.4, -0.2) is 47.9 Å². The van der Waals surface area contributed by atoms with Gasteiger partial charge in [-0.3, -0.25) is 14.7 Å². The first-order valence-electron chi connectivity index (χ1n) is 6.70. The number of ketones is 1. The lowest BCUT2D eigenvalue weighted by molar-refractivity contribution is 0.101. The van der Waals surface area contributed by atoms with Crippen LogP contribution in [0.2, 0.25) is 0 Å². The van der Waals surface area contributed by atoms with Crippen molar-refractivity contribution in [3.63, 3.8) is 0 Å². The summed E-state index contributed by atoms with van der Waals surface area (Å²) in [6.07, 6.45) is 4.48. The second kappa shape index (κ2) is 4.69. The second-order valence-corrected chi connectivity index (χ2v) is 5.24. The molecule has 1 aromatic heterocycles. The highest BCUT2D eigenvalue weighted by Gasteiger charge is 2.30. The highest BCUT2D eigenvalue weighted by atomic mass is 16.1. The van der Waals surface area contributed by atoms with Gasteiger partial charge in [0.15, 0.2) is 5.78 Å². The predicted octanol–water partition coefficient (Wildman–Crippen LogP) is 1.57. The van der Waals surface area contributed by atoms with Crippen molar-refractivity contribution in [3.05, 3.63) is 24.0 Å². The fourth-order valence-corrected chi connectivity index (χ4v) is 3.01. The molecule has 96 valence electrons. The molecule has 18 heavy (non-hydrogen) atoms. The first-order chi connectivity index (χ1) is 8.74. The molecule has 2 saturated heterocycles. The molecule has 0 bridgehead atoms. The molecule has 0 radical (unpaired) electrons. The van der Waals surface area contributed by atoms with E-state index in [-0.39, 0.29) is 5.78 Å². The smallest absolute Gasteiger partial charge is 0.178 e. The molecule has 2 aliphatic heterocycles. The van der Waals surface area contributed by atoms with Crippen molar-refractivity contribution in [2.45, 2.75) is 25.8 Å². The van der Waals surface area contributed by atoms with E-state index in [1.54, 1.807) is 6.92 Å². The normalized spacial score (nSPS) is 24.1. The highest BCUT2D eigenvalue weighted by Crippen LogP contribution is 2.25. The van der Waals surface area contributed by atoms with Gasteiger partial charge in [-0.1, -0.05) is 0 Å². The van der Waals surface area contributed by atoms with E-state index in [9.17, 15) is 4.79 Å². The van der Waals surface area contributed by atoms with Crippen LogP contribution in [0.4, 0.5) is 5.69 Å². The summed E-state index contributed by atoms with van der Waals surface area (Å²) < 4.78 is 0. The van der Waals surface area contributed by atoms with Gasteiger partial charge in [-0.2, -0.15) is 0 Å². The molecule has 2 fully saturated rings. The van der Waals surface area contributed by atoms with Gasteiger partial charge in [-0.05, 0) is 31.5 Å².